The second-order valence-corrected chi connectivity index (χ2v) is 6.25. The van der Waals surface area contributed by atoms with Crippen molar-refractivity contribution >= 4 is 35.8 Å². The van der Waals surface area contributed by atoms with Gasteiger partial charge in [-0.3, -0.25) is 9.79 Å². The zero-order valence-corrected chi connectivity index (χ0v) is 19.9. The summed E-state index contributed by atoms with van der Waals surface area (Å²) in [4.78, 5) is 16.1. The standard InChI is InChI=1S/C20H26F2N4O4.HI/c1-13-7-10-29-17(13)18(27)24-8-4-9-25-20(23-2)26-12-14-11-15(28-3)5-6-16(14)30-19(21)22;/h5-7,10-11,19H,4,8-9,12H2,1-3H3,(H,24,27)(H2,23,25,26);1H. The van der Waals surface area contributed by atoms with Crippen molar-refractivity contribution < 1.29 is 27.5 Å². The van der Waals surface area contributed by atoms with Gasteiger partial charge < -0.3 is 29.8 Å². The molecule has 0 unspecified atom stereocenters. The van der Waals surface area contributed by atoms with Crippen LogP contribution < -0.4 is 25.4 Å². The van der Waals surface area contributed by atoms with Gasteiger partial charge >= 0.3 is 6.61 Å². The predicted molar refractivity (Wildman–Crippen MR) is 124 cm³/mol. The van der Waals surface area contributed by atoms with E-state index in [2.05, 4.69) is 25.7 Å². The highest BCUT2D eigenvalue weighted by atomic mass is 127. The van der Waals surface area contributed by atoms with Crippen molar-refractivity contribution in [2.24, 2.45) is 4.99 Å². The van der Waals surface area contributed by atoms with Crippen molar-refractivity contribution in [2.75, 3.05) is 27.2 Å². The number of alkyl halides is 2. The summed E-state index contributed by atoms with van der Waals surface area (Å²) < 4.78 is 40.0. The molecule has 31 heavy (non-hydrogen) atoms. The minimum absolute atomic E-state index is 0. The monoisotopic (exact) mass is 552 g/mol. The number of benzene rings is 1. The number of methoxy groups -OCH3 is 1. The Balaban J connectivity index is 0.00000480. The molecule has 1 amide bonds. The Bertz CT molecular complexity index is 861. The van der Waals surface area contributed by atoms with Gasteiger partial charge in [0.05, 0.1) is 13.4 Å². The van der Waals surface area contributed by atoms with Crippen molar-refractivity contribution in [3.63, 3.8) is 0 Å². The van der Waals surface area contributed by atoms with Gasteiger partial charge in [-0.15, -0.1) is 24.0 Å². The lowest BCUT2D eigenvalue weighted by Crippen LogP contribution is -2.38. The van der Waals surface area contributed by atoms with Gasteiger partial charge in [0.25, 0.3) is 5.91 Å². The fraction of sp³-hybridized carbons (Fsp3) is 0.400. The normalized spacial score (nSPS) is 11.0. The summed E-state index contributed by atoms with van der Waals surface area (Å²) in [6, 6.07) is 6.32. The number of ether oxygens (including phenoxy) is 2. The number of aryl methyl sites for hydroxylation is 1. The molecule has 0 fully saturated rings. The van der Waals surface area contributed by atoms with Gasteiger partial charge in [0, 0.05) is 37.8 Å². The number of rotatable bonds is 10. The van der Waals surface area contributed by atoms with E-state index >= 15 is 0 Å². The molecule has 0 radical (unpaired) electrons. The number of halogens is 3. The van der Waals surface area contributed by atoms with Crippen molar-refractivity contribution in [3.05, 3.63) is 47.4 Å². The van der Waals surface area contributed by atoms with Crippen molar-refractivity contribution in [1.29, 1.82) is 0 Å². The van der Waals surface area contributed by atoms with Gasteiger partial charge in [0.1, 0.15) is 11.5 Å². The van der Waals surface area contributed by atoms with Crippen molar-refractivity contribution in [2.45, 2.75) is 26.5 Å². The smallest absolute Gasteiger partial charge is 0.387 e. The van der Waals surface area contributed by atoms with Crippen LogP contribution in [0.2, 0.25) is 0 Å². The molecule has 1 aromatic carbocycles. The van der Waals surface area contributed by atoms with E-state index in [0.717, 1.165) is 5.56 Å². The molecule has 172 valence electrons. The van der Waals surface area contributed by atoms with E-state index in [1.165, 1.54) is 19.4 Å². The lowest BCUT2D eigenvalue weighted by atomic mass is 10.2. The largest absolute Gasteiger partial charge is 0.497 e. The number of aliphatic imine (C=N–C) groups is 1. The molecular weight excluding hydrogens is 525 g/mol. The molecule has 0 aliphatic rings. The minimum atomic E-state index is -2.92. The molecule has 1 aromatic heterocycles. The van der Waals surface area contributed by atoms with Crippen LogP contribution in [0, 0.1) is 6.92 Å². The maximum atomic E-state index is 12.6. The molecule has 11 heteroatoms. The first-order chi connectivity index (χ1) is 14.4. The van der Waals surface area contributed by atoms with Crippen LogP contribution in [0.4, 0.5) is 8.78 Å². The third-order valence-corrected chi connectivity index (χ3v) is 4.15. The molecule has 8 nitrogen and oxygen atoms in total. The maximum Gasteiger partial charge on any atom is 0.387 e. The first kappa shape index (κ1) is 26.5. The molecule has 0 atom stereocenters. The lowest BCUT2D eigenvalue weighted by Gasteiger charge is -2.15. The van der Waals surface area contributed by atoms with Crippen LogP contribution in [0.15, 0.2) is 39.9 Å². The minimum Gasteiger partial charge on any atom is -0.497 e. The molecular formula is C20H27F2IN4O4. The van der Waals surface area contributed by atoms with E-state index in [9.17, 15) is 13.6 Å². The Morgan fingerprint density at radius 1 is 1.19 bits per heavy atom. The van der Waals surface area contributed by atoms with Gasteiger partial charge in [0.2, 0.25) is 0 Å². The number of guanidine groups is 1. The zero-order valence-electron chi connectivity index (χ0n) is 17.5. The molecule has 3 N–H and O–H groups in total. The van der Waals surface area contributed by atoms with Crippen molar-refractivity contribution in [1.82, 2.24) is 16.0 Å². The van der Waals surface area contributed by atoms with Crippen LogP contribution in [0.3, 0.4) is 0 Å². The summed E-state index contributed by atoms with van der Waals surface area (Å²) in [5.74, 6) is 1.11. The fourth-order valence-corrected chi connectivity index (χ4v) is 2.61. The second kappa shape index (κ2) is 13.7. The van der Waals surface area contributed by atoms with Gasteiger partial charge in [0.15, 0.2) is 11.7 Å². The molecule has 1 heterocycles. The number of hydrogen-bond acceptors (Lipinski definition) is 5. The number of amides is 1. The molecule has 2 aromatic rings. The number of furan rings is 1. The first-order valence-electron chi connectivity index (χ1n) is 9.33. The van der Waals surface area contributed by atoms with Gasteiger partial charge in [-0.05, 0) is 37.6 Å². The third kappa shape index (κ3) is 8.59. The average molecular weight is 552 g/mol. The zero-order chi connectivity index (χ0) is 21.9. The van der Waals surface area contributed by atoms with E-state index in [4.69, 9.17) is 9.15 Å². The van der Waals surface area contributed by atoms with Gasteiger partial charge in [-0.2, -0.15) is 8.78 Å². The Labute approximate surface area is 196 Å². The molecule has 0 saturated carbocycles. The Morgan fingerprint density at radius 3 is 2.55 bits per heavy atom. The molecule has 2 rings (SSSR count). The fourth-order valence-electron chi connectivity index (χ4n) is 2.61. The summed E-state index contributed by atoms with van der Waals surface area (Å²) in [5, 5.41) is 8.91. The van der Waals surface area contributed by atoms with Crippen LogP contribution in [-0.4, -0.2) is 45.7 Å². The van der Waals surface area contributed by atoms with Crippen LogP contribution in [0.5, 0.6) is 11.5 Å². The summed E-state index contributed by atoms with van der Waals surface area (Å²) >= 11 is 0. The molecule has 0 bridgehead atoms. The number of carbonyl (C=O) groups excluding carboxylic acids is 1. The summed E-state index contributed by atoms with van der Waals surface area (Å²) in [7, 11) is 3.09. The summed E-state index contributed by atoms with van der Waals surface area (Å²) in [6.07, 6.45) is 2.12. The van der Waals surface area contributed by atoms with Crippen molar-refractivity contribution in [3.8, 4) is 11.5 Å². The highest BCUT2D eigenvalue weighted by molar-refractivity contribution is 14.0. The second-order valence-electron chi connectivity index (χ2n) is 6.25. The Morgan fingerprint density at radius 2 is 1.94 bits per heavy atom. The third-order valence-electron chi connectivity index (χ3n) is 4.15. The van der Waals surface area contributed by atoms with E-state index < -0.39 is 6.61 Å². The maximum absolute atomic E-state index is 12.6. The number of nitrogens with one attached hydrogen (secondary N) is 3. The first-order valence-corrected chi connectivity index (χ1v) is 9.33. The van der Waals surface area contributed by atoms with Crippen LogP contribution in [0.1, 0.15) is 28.1 Å². The van der Waals surface area contributed by atoms with Crippen LogP contribution in [-0.2, 0) is 6.54 Å². The van der Waals surface area contributed by atoms with E-state index in [1.807, 2.05) is 0 Å². The SMILES string of the molecule is CN=C(NCCCNC(=O)c1occc1C)NCc1cc(OC)ccc1OC(F)F.I. The topological polar surface area (TPSA) is 97.1 Å². The Hall–Kier alpha value is -2.57. The summed E-state index contributed by atoms with van der Waals surface area (Å²) in [6.45, 7) is 0.0685. The van der Waals surface area contributed by atoms with Gasteiger partial charge in [-0.25, -0.2) is 0 Å². The van der Waals surface area contributed by atoms with E-state index in [0.29, 0.717) is 42.5 Å². The number of hydrogen-bond donors (Lipinski definition) is 3. The predicted octanol–water partition coefficient (Wildman–Crippen LogP) is 3.30. The van der Waals surface area contributed by atoms with Crippen LogP contribution in [0.25, 0.3) is 0 Å². The number of carbonyl (C=O) groups is 1. The molecule has 0 aliphatic heterocycles. The number of nitrogens with zero attached hydrogens (tertiary/aromatic N) is 1. The van der Waals surface area contributed by atoms with E-state index in [-0.39, 0.29) is 42.2 Å². The molecule has 0 spiro atoms. The molecule has 0 saturated heterocycles. The average Bonchev–Trinajstić information content (AvgIpc) is 3.16. The van der Waals surface area contributed by atoms with E-state index in [1.54, 1.807) is 32.2 Å². The molecule has 0 aliphatic carbocycles. The highest BCUT2D eigenvalue weighted by Crippen LogP contribution is 2.25. The highest BCUT2D eigenvalue weighted by Gasteiger charge is 2.13. The summed E-state index contributed by atoms with van der Waals surface area (Å²) in [5.41, 5.74) is 1.28. The van der Waals surface area contributed by atoms with Crippen LogP contribution >= 0.6 is 24.0 Å². The lowest BCUT2D eigenvalue weighted by molar-refractivity contribution is -0.0505. The Kier molecular flexibility index (Phi) is 11.7. The van der Waals surface area contributed by atoms with Gasteiger partial charge in [-0.1, -0.05) is 0 Å². The quantitative estimate of drug-likeness (QED) is 0.181.